The molecule has 0 saturated carbocycles. The number of anilines is 1. The number of carbonyl (C=O) groups is 2. The summed E-state index contributed by atoms with van der Waals surface area (Å²) in [5, 5.41) is 0. The minimum Gasteiger partial charge on any atom is -0.467 e. The predicted molar refractivity (Wildman–Crippen MR) is 131 cm³/mol. The fraction of sp³-hybridized carbons (Fsp3) is 0.214. The summed E-state index contributed by atoms with van der Waals surface area (Å²) in [6.07, 6.45) is 5.38. The topological polar surface area (TPSA) is 58.7 Å². The van der Waals surface area contributed by atoms with E-state index < -0.39 is 6.04 Å². The van der Waals surface area contributed by atoms with E-state index in [1.165, 1.54) is 0 Å². The number of unbranched alkanes of at least 4 members (excludes halogenated alkanes) is 1. The maximum absolute atomic E-state index is 14.0. The number of carbonyl (C=O) groups excluding carboxylic acids is 2. The average molecular weight is 454 g/mol. The van der Waals surface area contributed by atoms with Gasteiger partial charge in [0, 0.05) is 18.3 Å². The Morgan fingerprint density at radius 1 is 0.912 bits per heavy atom. The summed E-state index contributed by atoms with van der Waals surface area (Å²) in [4.78, 5) is 30.7. The fourth-order valence-corrected chi connectivity index (χ4v) is 4.58. The first-order valence-electron chi connectivity index (χ1n) is 11.7. The molecule has 34 heavy (non-hydrogen) atoms. The zero-order valence-electron chi connectivity index (χ0n) is 19.1. The van der Waals surface area contributed by atoms with Crippen molar-refractivity contribution in [2.45, 2.75) is 25.8 Å². The van der Waals surface area contributed by atoms with Crippen LogP contribution in [0.2, 0.25) is 0 Å². The Kier molecular flexibility index (Phi) is 6.04. The van der Waals surface area contributed by atoms with Crippen LogP contribution in [0.1, 0.15) is 47.6 Å². The van der Waals surface area contributed by atoms with Gasteiger partial charge in [0.25, 0.3) is 5.91 Å². The van der Waals surface area contributed by atoms with Crippen LogP contribution in [0.5, 0.6) is 0 Å². The molecule has 4 aromatic rings. The van der Waals surface area contributed by atoms with E-state index in [0.29, 0.717) is 17.9 Å². The third-order valence-electron chi connectivity index (χ3n) is 6.22. The molecule has 2 aromatic heterocycles. The highest BCUT2D eigenvalue weighted by molar-refractivity contribution is 6.02. The number of hydrogen-bond donors (Lipinski definition) is 0. The lowest BCUT2D eigenvalue weighted by Crippen LogP contribution is -2.47. The largest absolute Gasteiger partial charge is 0.467 e. The smallest absolute Gasteiger partial charge is 0.254 e. The predicted octanol–water partition coefficient (Wildman–Crippen LogP) is 5.45. The number of aromatic nitrogens is 1. The monoisotopic (exact) mass is 453 g/mol. The van der Waals surface area contributed by atoms with Crippen LogP contribution >= 0.6 is 0 Å². The number of furan rings is 1. The van der Waals surface area contributed by atoms with Gasteiger partial charge in [0.2, 0.25) is 5.91 Å². The summed E-state index contributed by atoms with van der Waals surface area (Å²) < 4.78 is 7.89. The molecular weight excluding hydrogens is 426 g/mol. The number of amides is 2. The molecule has 0 fully saturated rings. The van der Waals surface area contributed by atoms with E-state index in [4.69, 9.17) is 4.42 Å². The van der Waals surface area contributed by atoms with Gasteiger partial charge in [0.15, 0.2) is 0 Å². The molecule has 0 saturated heterocycles. The van der Waals surface area contributed by atoms with E-state index in [9.17, 15) is 9.59 Å². The second-order valence-electron chi connectivity index (χ2n) is 8.42. The molecule has 0 spiro atoms. The lowest BCUT2D eigenvalue weighted by molar-refractivity contribution is -0.119. The van der Waals surface area contributed by atoms with E-state index in [-0.39, 0.29) is 18.4 Å². The zero-order valence-corrected chi connectivity index (χ0v) is 19.1. The first kappa shape index (κ1) is 21.8. The van der Waals surface area contributed by atoms with Crippen molar-refractivity contribution in [3.63, 3.8) is 0 Å². The van der Waals surface area contributed by atoms with Crippen molar-refractivity contribution >= 4 is 17.5 Å². The highest BCUT2D eigenvalue weighted by atomic mass is 16.3. The minimum absolute atomic E-state index is 0.0139. The lowest BCUT2D eigenvalue weighted by Gasteiger charge is -2.38. The van der Waals surface area contributed by atoms with Crippen molar-refractivity contribution in [2.24, 2.45) is 0 Å². The normalized spacial score (nSPS) is 14.4. The third kappa shape index (κ3) is 3.92. The Morgan fingerprint density at radius 2 is 1.68 bits per heavy atom. The van der Waals surface area contributed by atoms with E-state index in [1.807, 2.05) is 72.9 Å². The molecule has 6 heteroatoms. The molecule has 0 radical (unpaired) electrons. The first-order chi connectivity index (χ1) is 16.7. The number of fused-ring (bicyclic) bond motifs is 3. The van der Waals surface area contributed by atoms with E-state index in [0.717, 1.165) is 29.9 Å². The maximum Gasteiger partial charge on any atom is 0.254 e. The minimum atomic E-state index is -0.424. The van der Waals surface area contributed by atoms with Crippen LogP contribution in [0.15, 0.2) is 95.7 Å². The number of rotatable bonds is 7. The van der Waals surface area contributed by atoms with Crippen LogP contribution < -0.4 is 4.90 Å². The van der Waals surface area contributed by atoms with Gasteiger partial charge in [0.05, 0.1) is 23.3 Å². The Morgan fingerprint density at radius 3 is 2.41 bits per heavy atom. The van der Waals surface area contributed by atoms with E-state index in [2.05, 4.69) is 11.5 Å². The highest BCUT2D eigenvalue weighted by Crippen LogP contribution is 2.42. The highest BCUT2D eigenvalue weighted by Gasteiger charge is 2.38. The lowest BCUT2D eigenvalue weighted by atomic mass is 10.0. The SMILES string of the molecule is CCCCN(CC(=O)N1c2ccccc2-n2cccc2C1c1ccco1)C(=O)c1ccccc1. The van der Waals surface area contributed by atoms with Crippen molar-refractivity contribution in [1.29, 1.82) is 0 Å². The summed E-state index contributed by atoms with van der Waals surface area (Å²) in [6, 6.07) is 24.3. The molecular formula is C28H27N3O3. The van der Waals surface area contributed by atoms with E-state index in [1.54, 1.807) is 28.2 Å². The summed E-state index contributed by atoms with van der Waals surface area (Å²) in [7, 11) is 0. The van der Waals surface area contributed by atoms with Gasteiger partial charge in [0.1, 0.15) is 18.3 Å². The second kappa shape index (κ2) is 9.43. The molecule has 0 N–H and O–H groups in total. The summed E-state index contributed by atoms with van der Waals surface area (Å²) in [5.41, 5.74) is 3.24. The Bertz CT molecular complexity index is 1280. The van der Waals surface area contributed by atoms with Crippen LogP contribution in [0.4, 0.5) is 5.69 Å². The molecule has 1 aliphatic rings. The molecule has 1 unspecified atom stereocenters. The Labute approximate surface area is 199 Å². The van der Waals surface area contributed by atoms with Gasteiger partial charge in [-0.25, -0.2) is 0 Å². The molecule has 2 aromatic carbocycles. The summed E-state index contributed by atoms with van der Waals surface area (Å²) in [5.74, 6) is 0.393. The molecule has 1 atom stereocenters. The molecule has 0 aliphatic carbocycles. The van der Waals surface area contributed by atoms with Crippen LogP contribution in [0, 0.1) is 0 Å². The molecule has 2 amide bonds. The molecule has 3 heterocycles. The van der Waals surface area contributed by atoms with Crippen LogP contribution in [0.3, 0.4) is 0 Å². The van der Waals surface area contributed by atoms with Crippen molar-refractivity contribution in [3.8, 4) is 5.69 Å². The van der Waals surface area contributed by atoms with Crippen LogP contribution in [-0.2, 0) is 4.79 Å². The molecule has 172 valence electrons. The summed E-state index contributed by atoms with van der Waals surface area (Å²) in [6.45, 7) is 2.59. The quantitative estimate of drug-likeness (QED) is 0.374. The average Bonchev–Trinajstić information content (AvgIpc) is 3.58. The van der Waals surface area contributed by atoms with Gasteiger partial charge >= 0.3 is 0 Å². The third-order valence-corrected chi connectivity index (χ3v) is 6.22. The Balaban J connectivity index is 1.53. The van der Waals surface area contributed by atoms with Gasteiger partial charge in [-0.2, -0.15) is 0 Å². The molecule has 5 rings (SSSR count). The molecule has 0 bridgehead atoms. The number of benzene rings is 2. The van der Waals surface area contributed by atoms with Crippen molar-refractivity contribution < 1.29 is 14.0 Å². The van der Waals surface area contributed by atoms with Gasteiger partial charge in [-0.05, 0) is 55.0 Å². The molecule has 1 aliphatic heterocycles. The number of nitrogens with zero attached hydrogens (tertiary/aromatic N) is 3. The number of hydrogen-bond acceptors (Lipinski definition) is 3. The van der Waals surface area contributed by atoms with Crippen molar-refractivity contribution in [3.05, 3.63) is 108 Å². The molecule has 6 nitrogen and oxygen atoms in total. The van der Waals surface area contributed by atoms with Crippen molar-refractivity contribution in [1.82, 2.24) is 9.47 Å². The number of para-hydroxylation sites is 2. The standard InChI is InChI=1S/C28H27N3O3/c1-2-3-17-29(28(33)21-11-5-4-6-12-21)20-26(32)31-23-14-8-7-13-22(23)30-18-9-15-24(30)27(31)25-16-10-19-34-25/h4-16,18-19,27H,2-3,17,20H2,1H3. The maximum atomic E-state index is 14.0. The van der Waals surface area contributed by atoms with Gasteiger partial charge < -0.3 is 13.9 Å². The summed E-state index contributed by atoms with van der Waals surface area (Å²) >= 11 is 0. The van der Waals surface area contributed by atoms with E-state index >= 15 is 0 Å². The fourth-order valence-electron chi connectivity index (χ4n) is 4.58. The first-order valence-corrected chi connectivity index (χ1v) is 11.7. The zero-order chi connectivity index (χ0) is 23.5. The van der Waals surface area contributed by atoms with Gasteiger partial charge in [-0.15, -0.1) is 0 Å². The van der Waals surface area contributed by atoms with Crippen LogP contribution in [-0.4, -0.2) is 34.4 Å². The van der Waals surface area contributed by atoms with Gasteiger partial charge in [-0.3, -0.25) is 14.5 Å². The van der Waals surface area contributed by atoms with Crippen LogP contribution in [0.25, 0.3) is 5.69 Å². The second-order valence-corrected chi connectivity index (χ2v) is 8.42. The van der Waals surface area contributed by atoms with Gasteiger partial charge in [-0.1, -0.05) is 43.7 Å². The van der Waals surface area contributed by atoms with Crippen molar-refractivity contribution in [2.75, 3.05) is 18.0 Å². The Hall–Kier alpha value is -4.06.